The van der Waals surface area contributed by atoms with Crippen molar-refractivity contribution in [3.05, 3.63) is 0 Å². The van der Waals surface area contributed by atoms with Crippen LogP contribution in [0.1, 0.15) is 194 Å². The summed E-state index contributed by atoms with van der Waals surface area (Å²) in [4.78, 5) is 23.6. The summed E-state index contributed by atoms with van der Waals surface area (Å²) in [5, 5.41) is 82.8. The molecule has 1 saturated carbocycles. The summed E-state index contributed by atoms with van der Waals surface area (Å²) in [7, 11) is -5.16. The number of esters is 1. The molecule has 17 nitrogen and oxygen atoms in total. The van der Waals surface area contributed by atoms with E-state index in [9.17, 15) is 55.1 Å². The molecule has 1 saturated heterocycles. The average Bonchev–Trinajstić information content (AvgIpc) is 3.30. The largest absolute Gasteiger partial charge is 0.472 e. The molecule has 1 aliphatic heterocycles. The number of aliphatic hydroxyl groups is 8. The zero-order chi connectivity index (χ0) is 48.6. The maximum Gasteiger partial charge on any atom is 0.472 e. The van der Waals surface area contributed by atoms with Crippen LogP contribution in [-0.4, -0.2) is 152 Å². The van der Waals surface area contributed by atoms with Gasteiger partial charge in [0.05, 0.1) is 25.9 Å². The molecule has 2 fully saturated rings. The van der Waals surface area contributed by atoms with Gasteiger partial charge in [-0.1, -0.05) is 174 Å². The van der Waals surface area contributed by atoms with Gasteiger partial charge < -0.3 is 64.7 Å². The Balaban J connectivity index is 1.90. The number of ether oxygens (including phenoxy) is 4. The molecule has 2 rings (SSSR count). The van der Waals surface area contributed by atoms with Crippen LogP contribution in [0.5, 0.6) is 0 Å². The number of hydrogen-bond acceptors (Lipinski definition) is 16. The topological polar surface area (TPSA) is 272 Å². The highest BCUT2D eigenvalue weighted by Gasteiger charge is 2.53. The molecule has 9 N–H and O–H groups in total. The van der Waals surface area contributed by atoms with Gasteiger partial charge in [0, 0.05) is 18.9 Å². The van der Waals surface area contributed by atoms with E-state index >= 15 is 0 Å². The van der Waals surface area contributed by atoms with Gasteiger partial charge in [-0.2, -0.15) is 0 Å². The van der Waals surface area contributed by atoms with Crippen molar-refractivity contribution in [2.24, 2.45) is 5.92 Å². The Morgan fingerprint density at radius 2 is 1.00 bits per heavy atom. The summed E-state index contributed by atoms with van der Waals surface area (Å²) in [6, 6.07) is 0. The molecule has 0 amide bonds. The second-order valence-electron chi connectivity index (χ2n) is 18.8. The number of phosphoric ester groups is 1. The van der Waals surface area contributed by atoms with Gasteiger partial charge in [0.25, 0.3) is 0 Å². The Kier molecular flexibility index (Phi) is 34.3. The second kappa shape index (κ2) is 37.0. The summed E-state index contributed by atoms with van der Waals surface area (Å²) < 4.78 is 46.3. The molecule has 0 aromatic heterocycles. The number of unbranched alkanes of at least 4 members (excludes halogenated alkanes) is 25. The van der Waals surface area contributed by atoms with Crippen molar-refractivity contribution >= 4 is 13.8 Å². The number of aliphatic hydroxyl groups excluding tert-OH is 8. The van der Waals surface area contributed by atoms with E-state index < -0.39 is 107 Å². The summed E-state index contributed by atoms with van der Waals surface area (Å²) in [5.41, 5.74) is 0. The lowest BCUT2D eigenvalue weighted by atomic mass is 9.79. The molecule has 392 valence electrons. The van der Waals surface area contributed by atoms with Crippen LogP contribution in [0, 0.1) is 5.92 Å². The first kappa shape index (κ1) is 61.3. The highest BCUT2D eigenvalue weighted by molar-refractivity contribution is 7.47. The average molecular weight is 973 g/mol. The number of hydrogen-bond donors (Lipinski definition) is 9. The van der Waals surface area contributed by atoms with E-state index in [2.05, 4.69) is 13.8 Å². The third-order valence-corrected chi connectivity index (χ3v) is 14.0. The fraction of sp³-hybridized carbons (Fsp3) is 0.979. The van der Waals surface area contributed by atoms with Gasteiger partial charge in [0.1, 0.15) is 61.5 Å². The minimum atomic E-state index is -5.16. The quantitative estimate of drug-likeness (QED) is 0.0186. The van der Waals surface area contributed by atoms with E-state index in [-0.39, 0.29) is 19.6 Å². The Bertz CT molecular complexity index is 1230. The lowest BCUT2D eigenvalue weighted by Crippen LogP contribution is -2.63. The van der Waals surface area contributed by atoms with Crippen LogP contribution < -0.4 is 0 Å². The van der Waals surface area contributed by atoms with Crippen LogP contribution in [0.3, 0.4) is 0 Å². The van der Waals surface area contributed by atoms with Crippen LogP contribution in [-0.2, 0) is 37.4 Å². The molecule has 6 unspecified atom stereocenters. The highest BCUT2D eigenvalue weighted by atomic mass is 31.2. The van der Waals surface area contributed by atoms with Crippen molar-refractivity contribution in [3.8, 4) is 0 Å². The van der Waals surface area contributed by atoms with Gasteiger partial charge in [-0.15, -0.1) is 0 Å². The monoisotopic (exact) mass is 973 g/mol. The molecule has 1 heterocycles. The third kappa shape index (κ3) is 25.3. The van der Waals surface area contributed by atoms with Crippen molar-refractivity contribution < 1.29 is 83.1 Å². The number of carbonyl (C=O) groups excluding carboxylic acids is 1. The van der Waals surface area contributed by atoms with E-state index in [1.165, 1.54) is 122 Å². The molecule has 1 aliphatic carbocycles. The molecule has 0 radical (unpaired) electrons. The maximum atomic E-state index is 13.4. The van der Waals surface area contributed by atoms with Crippen molar-refractivity contribution in [2.75, 3.05) is 33.0 Å². The normalized spacial score (nSPS) is 28.3. The van der Waals surface area contributed by atoms with Crippen molar-refractivity contribution in [3.63, 3.8) is 0 Å². The Hall–Kier alpha value is -0.860. The first-order valence-electron chi connectivity index (χ1n) is 25.8. The summed E-state index contributed by atoms with van der Waals surface area (Å²) in [6.07, 6.45) is 13.0. The van der Waals surface area contributed by atoms with Gasteiger partial charge in [0.2, 0.25) is 0 Å². The van der Waals surface area contributed by atoms with Crippen LogP contribution in [0.25, 0.3) is 0 Å². The smallest absolute Gasteiger partial charge is 0.463 e. The molecule has 0 spiro atoms. The molecule has 0 aromatic carbocycles. The summed E-state index contributed by atoms with van der Waals surface area (Å²) in [5.74, 6) is -1.98. The molecule has 0 aromatic rings. The number of carbonyl (C=O) groups is 1. The van der Waals surface area contributed by atoms with E-state index in [1.54, 1.807) is 0 Å². The fourth-order valence-corrected chi connectivity index (χ4v) is 9.65. The van der Waals surface area contributed by atoms with E-state index in [0.717, 1.165) is 38.5 Å². The first-order valence-corrected chi connectivity index (χ1v) is 27.3. The van der Waals surface area contributed by atoms with Crippen LogP contribution >= 0.6 is 7.82 Å². The van der Waals surface area contributed by atoms with E-state index in [4.69, 9.17) is 28.0 Å². The molecule has 18 heteroatoms. The first-order chi connectivity index (χ1) is 31.8. The third-order valence-electron chi connectivity index (χ3n) is 13.0. The highest BCUT2D eigenvalue weighted by Crippen LogP contribution is 2.48. The predicted octanol–water partition coefficient (Wildman–Crippen LogP) is 6.27. The zero-order valence-electron chi connectivity index (χ0n) is 40.5. The second-order valence-corrected chi connectivity index (χ2v) is 20.2. The van der Waals surface area contributed by atoms with Crippen LogP contribution in [0.4, 0.5) is 0 Å². The lowest BCUT2D eigenvalue weighted by molar-refractivity contribution is -0.309. The van der Waals surface area contributed by atoms with Gasteiger partial charge in [-0.3, -0.25) is 13.8 Å². The minimum absolute atomic E-state index is 0.217. The molecular formula is C48H93O17P. The molecule has 0 bridgehead atoms. The van der Waals surface area contributed by atoms with Gasteiger partial charge in [-0.05, 0) is 12.8 Å². The Morgan fingerprint density at radius 3 is 1.48 bits per heavy atom. The Labute approximate surface area is 395 Å². The summed E-state index contributed by atoms with van der Waals surface area (Å²) in [6.45, 7) is 2.41. The van der Waals surface area contributed by atoms with Gasteiger partial charge in [0.15, 0.2) is 6.29 Å². The summed E-state index contributed by atoms with van der Waals surface area (Å²) >= 11 is 0. The van der Waals surface area contributed by atoms with Crippen molar-refractivity contribution in [1.29, 1.82) is 0 Å². The van der Waals surface area contributed by atoms with E-state index in [0.29, 0.717) is 12.8 Å². The maximum absolute atomic E-state index is 13.4. The van der Waals surface area contributed by atoms with Crippen molar-refractivity contribution in [1.82, 2.24) is 0 Å². The van der Waals surface area contributed by atoms with Crippen LogP contribution in [0.2, 0.25) is 0 Å². The number of phosphoric acid groups is 1. The molecule has 66 heavy (non-hydrogen) atoms. The zero-order valence-corrected chi connectivity index (χ0v) is 41.4. The van der Waals surface area contributed by atoms with E-state index in [1.807, 2.05) is 0 Å². The lowest BCUT2D eigenvalue weighted by Gasteiger charge is -2.45. The molecule has 2 aliphatic rings. The van der Waals surface area contributed by atoms with Gasteiger partial charge >= 0.3 is 13.8 Å². The SMILES string of the molecule is CCCCCCCCCCCCCCCCO[C@H](COC(=O)CCCCCCCCCCCCCCC)COP(=O)(O)O[C@@H]1C(CO[C@@H]2OC(CO)[C@H](O)[C@H](O)C2O)C(O)[C@@H](O)[C@H](O)C1O. The molecule has 13 atom stereocenters. The standard InChI is InChI=1S/C48H93O17P/c1-3-5-7-9-11-13-15-17-19-21-23-25-27-29-31-60-36(33-61-39(50)30-28-26-24-22-20-18-16-14-12-10-8-6-4-2)34-63-66(58,59)65-47-37(40(51)42(53)44(55)45(47)56)35-62-48-46(57)43(54)41(52)38(32-49)64-48/h36-38,40-49,51-57H,3-35H2,1-2H3,(H,58,59)/t36-,37?,38?,40?,41+,42-,43+,44+,45?,46?,47-,48-/m1/s1. The molecular weight excluding hydrogens is 879 g/mol. The van der Waals surface area contributed by atoms with Crippen molar-refractivity contribution in [2.45, 2.75) is 261 Å². The minimum Gasteiger partial charge on any atom is -0.463 e. The number of rotatable bonds is 41. The predicted molar refractivity (Wildman–Crippen MR) is 249 cm³/mol. The van der Waals surface area contributed by atoms with Crippen LogP contribution in [0.15, 0.2) is 0 Å². The Morgan fingerprint density at radius 1 is 0.561 bits per heavy atom. The fourth-order valence-electron chi connectivity index (χ4n) is 8.64. The van der Waals surface area contributed by atoms with Gasteiger partial charge in [-0.25, -0.2) is 4.57 Å².